The molecule has 164 valence electrons. The highest BCUT2D eigenvalue weighted by molar-refractivity contribution is 7.18. The molecular weight excluding hydrogens is 422 g/mol. The molecule has 3 heterocycles. The number of hydrogen-bond acceptors (Lipinski definition) is 6. The third-order valence-corrected chi connectivity index (χ3v) is 6.84. The Bertz CT molecular complexity index is 1290. The first kappa shape index (κ1) is 20.8. The van der Waals surface area contributed by atoms with Crippen molar-refractivity contribution in [3.8, 4) is 0 Å². The number of amides is 1. The van der Waals surface area contributed by atoms with Crippen molar-refractivity contribution in [1.82, 2.24) is 24.5 Å². The van der Waals surface area contributed by atoms with Gasteiger partial charge in [0.25, 0.3) is 11.5 Å². The number of carbonyl (C=O) groups excluding carboxylic acids is 1. The molecule has 1 aliphatic heterocycles. The normalized spacial score (nSPS) is 15.4. The molecule has 1 aliphatic rings. The molecule has 2 aromatic carbocycles. The molecule has 0 spiro atoms. The molecule has 1 saturated heterocycles. The molecule has 0 saturated carbocycles. The van der Waals surface area contributed by atoms with E-state index in [4.69, 9.17) is 0 Å². The third kappa shape index (κ3) is 4.43. The molecule has 0 unspecified atom stereocenters. The van der Waals surface area contributed by atoms with E-state index in [1.54, 1.807) is 4.40 Å². The summed E-state index contributed by atoms with van der Waals surface area (Å²) in [6.45, 7) is 6.36. The molecule has 7 nitrogen and oxygen atoms in total. The fraction of sp³-hybridized carbons (Fsp3) is 0.292. The summed E-state index contributed by atoms with van der Waals surface area (Å²) in [6.07, 6.45) is 0. The summed E-state index contributed by atoms with van der Waals surface area (Å²) in [5, 5.41) is 2.96. The number of fused-ring (bicyclic) bond motifs is 3. The van der Waals surface area contributed by atoms with Crippen LogP contribution in [0.15, 0.2) is 65.5 Å². The Labute approximate surface area is 189 Å². The second kappa shape index (κ2) is 9.20. The number of aromatic nitrogens is 2. The number of imidazole rings is 1. The highest BCUT2D eigenvalue weighted by Gasteiger charge is 2.18. The Morgan fingerprint density at radius 2 is 1.69 bits per heavy atom. The zero-order valence-electron chi connectivity index (χ0n) is 17.7. The van der Waals surface area contributed by atoms with Gasteiger partial charge in [-0.25, -0.2) is 4.98 Å². The quantitative estimate of drug-likeness (QED) is 0.492. The Kier molecular flexibility index (Phi) is 5.98. The zero-order chi connectivity index (χ0) is 21.9. The Balaban J connectivity index is 1.14. The van der Waals surface area contributed by atoms with Crippen LogP contribution >= 0.6 is 11.3 Å². The lowest BCUT2D eigenvalue weighted by Crippen LogP contribution is -2.48. The zero-order valence-corrected chi connectivity index (χ0v) is 18.6. The van der Waals surface area contributed by atoms with Gasteiger partial charge in [0, 0.05) is 51.9 Å². The van der Waals surface area contributed by atoms with Crippen LogP contribution in [0.1, 0.15) is 15.2 Å². The summed E-state index contributed by atoms with van der Waals surface area (Å²) >= 11 is 1.24. The van der Waals surface area contributed by atoms with Gasteiger partial charge in [-0.3, -0.25) is 23.8 Å². The van der Waals surface area contributed by atoms with E-state index in [0.717, 1.165) is 50.3 Å². The first-order valence-corrected chi connectivity index (χ1v) is 11.7. The summed E-state index contributed by atoms with van der Waals surface area (Å²) in [5.41, 5.74) is 2.63. The Hall–Kier alpha value is -3.07. The Morgan fingerprint density at radius 3 is 2.50 bits per heavy atom. The molecule has 8 heteroatoms. The lowest BCUT2D eigenvalue weighted by molar-refractivity contribution is 0.0937. The highest BCUT2D eigenvalue weighted by atomic mass is 32.1. The van der Waals surface area contributed by atoms with Gasteiger partial charge in [0.05, 0.1) is 11.0 Å². The van der Waals surface area contributed by atoms with E-state index in [9.17, 15) is 9.59 Å². The fourth-order valence-electron chi connectivity index (χ4n) is 4.13. The van der Waals surface area contributed by atoms with Crippen LogP contribution in [0.4, 0.5) is 0 Å². The molecule has 5 rings (SSSR count). The molecule has 4 aromatic rings. The first-order valence-electron chi connectivity index (χ1n) is 10.9. The molecule has 1 amide bonds. The van der Waals surface area contributed by atoms with Crippen molar-refractivity contribution in [3.63, 3.8) is 0 Å². The maximum absolute atomic E-state index is 12.6. The van der Waals surface area contributed by atoms with Crippen LogP contribution in [0.5, 0.6) is 0 Å². The van der Waals surface area contributed by atoms with Gasteiger partial charge in [0.2, 0.25) is 0 Å². The average molecular weight is 448 g/mol. The summed E-state index contributed by atoms with van der Waals surface area (Å²) in [6, 6.07) is 19.4. The summed E-state index contributed by atoms with van der Waals surface area (Å²) in [4.78, 5) is 35.5. The van der Waals surface area contributed by atoms with Gasteiger partial charge in [-0.1, -0.05) is 53.8 Å². The standard InChI is InChI=1S/C24H25N5O2S/c30-22-16-21(32-24-26-19-8-4-5-9-20(19)29(22)24)23(31)25-10-11-27-12-14-28(15-13-27)17-18-6-2-1-3-7-18/h1-9,16H,10-15,17H2,(H,25,31). The van der Waals surface area contributed by atoms with Crippen LogP contribution in [0.3, 0.4) is 0 Å². The third-order valence-electron chi connectivity index (χ3n) is 5.86. The number of piperazine rings is 1. The van der Waals surface area contributed by atoms with Gasteiger partial charge < -0.3 is 5.32 Å². The Morgan fingerprint density at radius 1 is 0.969 bits per heavy atom. The van der Waals surface area contributed by atoms with Crippen LogP contribution in [0.2, 0.25) is 0 Å². The molecule has 2 aromatic heterocycles. The predicted molar refractivity (Wildman–Crippen MR) is 127 cm³/mol. The topological polar surface area (TPSA) is 70.0 Å². The molecule has 1 N–H and O–H groups in total. The van der Waals surface area contributed by atoms with Gasteiger partial charge in [-0.05, 0) is 17.7 Å². The van der Waals surface area contributed by atoms with Crippen molar-refractivity contribution >= 4 is 33.2 Å². The number of carbonyl (C=O) groups is 1. The van der Waals surface area contributed by atoms with Crippen LogP contribution in [0, 0.1) is 0 Å². The number of benzene rings is 2. The smallest absolute Gasteiger partial charge is 0.261 e. The second-order valence-corrected chi connectivity index (χ2v) is 9.04. The number of hydrogen-bond donors (Lipinski definition) is 1. The minimum atomic E-state index is -0.230. The van der Waals surface area contributed by atoms with Crippen molar-refractivity contribution in [2.75, 3.05) is 39.3 Å². The van der Waals surface area contributed by atoms with E-state index in [1.165, 1.54) is 23.0 Å². The lowest BCUT2D eigenvalue weighted by Gasteiger charge is -2.34. The van der Waals surface area contributed by atoms with Gasteiger partial charge in [0.15, 0.2) is 4.96 Å². The van der Waals surface area contributed by atoms with E-state index in [2.05, 4.69) is 44.4 Å². The molecule has 0 radical (unpaired) electrons. The molecule has 0 bridgehead atoms. The van der Waals surface area contributed by atoms with Gasteiger partial charge in [-0.2, -0.15) is 0 Å². The van der Waals surface area contributed by atoms with Crippen LogP contribution in [-0.2, 0) is 6.54 Å². The van der Waals surface area contributed by atoms with Crippen molar-refractivity contribution in [2.24, 2.45) is 0 Å². The minimum Gasteiger partial charge on any atom is -0.350 e. The molecule has 0 aliphatic carbocycles. The van der Waals surface area contributed by atoms with Gasteiger partial charge >= 0.3 is 0 Å². The summed E-state index contributed by atoms with van der Waals surface area (Å²) in [7, 11) is 0. The lowest BCUT2D eigenvalue weighted by atomic mass is 10.2. The number of rotatable bonds is 6. The largest absolute Gasteiger partial charge is 0.350 e. The van der Waals surface area contributed by atoms with Crippen LogP contribution < -0.4 is 10.9 Å². The van der Waals surface area contributed by atoms with E-state index in [-0.39, 0.29) is 11.5 Å². The number of nitrogens with one attached hydrogen (secondary N) is 1. The number of para-hydroxylation sites is 2. The fourth-order valence-corrected chi connectivity index (χ4v) is 5.07. The monoisotopic (exact) mass is 447 g/mol. The predicted octanol–water partition coefficient (Wildman–Crippen LogP) is 2.46. The van der Waals surface area contributed by atoms with Crippen molar-refractivity contribution < 1.29 is 4.79 Å². The van der Waals surface area contributed by atoms with E-state index >= 15 is 0 Å². The van der Waals surface area contributed by atoms with Gasteiger partial charge in [0.1, 0.15) is 4.88 Å². The van der Waals surface area contributed by atoms with Crippen LogP contribution in [-0.4, -0.2) is 64.4 Å². The maximum Gasteiger partial charge on any atom is 0.261 e. The maximum atomic E-state index is 12.6. The summed E-state index contributed by atoms with van der Waals surface area (Å²) in [5.74, 6) is -0.218. The summed E-state index contributed by atoms with van der Waals surface area (Å²) < 4.78 is 1.56. The van der Waals surface area contributed by atoms with E-state index < -0.39 is 0 Å². The number of nitrogens with zero attached hydrogens (tertiary/aromatic N) is 4. The van der Waals surface area contributed by atoms with E-state index in [0.29, 0.717) is 16.4 Å². The molecule has 1 fully saturated rings. The molecular formula is C24H25N5O2S. The van der Waals surface area contributed by atoms with Crippen molar-refractivity contribution in [3.05, 3.63) is 81.5 Å². The van der Waals surface area contributed by atoms with Gasteiger partial charge in [-0.15, -0.1) is 0 Å². The van der Waals surface area contributed by atoms with Crippen molar-refractivity contribution in [2.45, 2.75) is 6.54 Å². The van der Waals surface area contributed by atoms with Crippen molar-refractivity contribution in [1.29, 1.82) is 0 Å². The van der Waals surface area contributed by atoms with Crippen LogP contribution in [0.25, 0.3) is 16.0 Å². The highest BCUT2D eigenvalue weighted by Crippen LogP contribution is 2.19. The SMILES string of the molecule is O=C(NCCN1CCN(Cc2ccccc2)CC1)c1cc(=O)n2c(nc3ccccc32)s1. The molecule has 32 heavy (non-hydrogen) atoms. The molecule has 0 atom stereocenters. The minimum absolute atomic E-state index is 0.218. The average Bonchev–Trinajstić information content (AvgIpc) is 3.20. The van der Waals surface area contributed by atoms with E-state index in [1.807, 2.05) is 30.3 Å². The first-order chi connectivity index (χ1) is 15.7. The second-order valence-electron chi connectivity index (χ2n) is 8.03.